The number of nitrogens with two attached hydrogens (primary N) is 1. The Bertz CT molecular complexity index is 439. The molecule has 1 aromatic carbocycles. The van der Waals surface area contributed by atoms with Crippen molar-refractivity contribution in [3.8, 4) is 0 Å². The Kier molecular flexibility index (Phi) is 4.46. The van der Waals surface area contributed by atoms with Gasteiger partial charge in [-0.2, -0.15) is 0 Å². The highest BCUT2D eigenvalue weighted by Crippen LogP contribution is 2.11. The van der Waals surface area contributed by atoms with E-state index in [-0.39, 0.29) is 6.04 Å². The van der Waals surface area contributed by atoms with Crippen LogP contribution in [0.1, 0.15) is 18.9 Å². The quantitative estimate of drug-likeness (QED) is 0.809. The summed E-state index contributed by atoms with van der Waals surface area (Å²) in [5, 5.41) is 0. The molecule has 0 heterocycles. The molecule has 1 aromatic rings. The van der Waals surface area contributed by atoms with Crippen molar-refractivity contribution in [3.05, 3.63) is 29.8 Å². The van der Waals surface area contributed by atoms with Crippen molar-refractivity contribution in [1.82, 2.24) is 4.72 Å². The summed E-state index contributed by atoms with van der Waals surface area (Å²) in [6.45, 7) is 4.07. The summed E-state index contributed by atoms with van der Waals surface area (Å²) in [6, 6.07) is 6.61. The Balaban J connectivity index is 2.94. The van der Waals surface area contributed by atoms with E-state index in [0.29, 0.717) is 17.9 Å². The normalized spacial score (nSPS) is 13.7. The van der Waals surface area contributed by atoms with Gasteiger partial charge in [-0.3, -0.25) is 0 Å². The fourth-order valence-electron chi connectivity index (χ4n) is 1.37. The molecule has 5 heteroatoms. The molecule has 0 aliphatic carbocycles. The van der Waals surface area contributed by atoms with Crippen molar-refractivity contribution in [2.45, 2.75) is 31.2 Å². The number of sulfonamides is 1. The van der Waals surface area contributed by atoms with Crippen LogP contribution in [-0.4, -0.2) is 21.0 Å². The molecule has 0 aliphatic heterocycles. The van der Waals surface area contributed by atoms with Crippen LogP contribution < -0.4 is 10.5 Å². The van der Waals surface area contributed by atoms with E-state index in [9.17, 15) is 8.42 Å². The van der Waals surface area contributed by atoms with E-state index >= 15 is 0 Å². The zero-order chi connectivity index (χ0) is 12.2. The van der Waals surface area contributed by atoms with Gasteiger partial charge in [-0.15, -0.1) is 0 Å². The smallest absolute Gasteiger partial charge is 0.240 e. The summed E-state index contributed by atoms with van der Waals surface area (Å²) in [7, 11) is -3.44. The van der Waals surface area contributed by atoms with Crippen LogP contribution in [0.15, 0.2) is 29.2 Å². The van der Waals surface area contributed by atoms with E-state index < -0.39 is 10.0 Å². The standard InChI is InChI=1S/C11H18N2O2S/c1-3-10(8-12)13-16(14,15)11-6-4-5-9(2)7-11/h4-7,10,13H,3,8,12H2,1-2H3. The molecule has 1 rings (SSSR count). The molecule has 3 N–H and O–H groups in total. The molecule has 0 aromatic heterocycles. The first-order chi connectivity index (χ1) is 7.49. The van der Waals surface area contributed by atoms with E-state index in [0.717, 1.165) is 5.56 Å². The Labute approximate surface area is 96.9 Å². The topological polar surface area (TPSA) is 72.2 Å². The second kappa shape index (κ2) is 5.43. The van der Waals surface area contributed by atoms with Gasteiger partial charge in [0.15, 0.2) is 0 Å². The monoisotopic (exact) mass is 242 g/mol. The van der Waals surface area contributed by atoms with E-state index in [4.69, 9.17) is 5.73 Å². The third-order valence-electron chi connectivity index (χ3n) is 2.40. The van der Waals surface area contributed by atoms with Crippen molar-refractivity contribution in [3.63, 3.8) is 0 Å². The highest BCUT2D eigenvalue weighted by Gasteiger charge is 2.17. The summed E-state index contributed by atoms with van der Waals surface area (Å²) in [5.74, 6) is 0. The van der Waals surface area contributed by atoms with Gasteiger partial charge in [-0.25, -0.2) is 13.1 Å². The lowest BCUT2D eigenvalue weighted by molar-refractivity contribution is 0.542. The number of benzene rings is 1. The fraction of sp³-hybridized carbons (Fsp3) is 0.455. The van der Waals surface area contributed by atoms with Gasteiger partial charge in [0.1, 0.15) is 0 Å². The minimum atomic E-state index is -3.44. The molecule has 0 saturated carbocycles. The van der Waals surface area contributed by atoms with Crippen molar-refractivity contribution >= 4 is 10.0 Å². The van der Waals surface area contributed by atoms with Crippen LogP contribution in [0.25, 0.3) is 0 Å². The average molecular weight is 242 g/mol. The summed E-state index contributed by atoms with van der Waals surface area (Å²) >= 11 is 0. The van der Waals surface area contributed by atoms with Crippen LogP contribution in [0.4, 0.5) is 0 Å². The molecule has 0 fully saturated rings. The first-order valence-electron chi connectivity index (χ1n) is 5.28. The van der Waals surface area contributed by atoms with Gasteiger partial charge in [-0.05, 0) is 31.0 Å². The first-order valence-corrected chi connectivity index (χ1v) is 6.77. The molecule has 90 valence electrons. The second-order valence-electron chi connectivity index (χ2n) is 3.78. The van der Waals surface area contributed by atoms with Crippen LogP contribution >= 0.6 is 0 Å². The first kappa shape index (κ1) is 13.2. The van der Waals surface area contributed by atoms with E-state index in [1.165, 1.54) is 0 Å². The molecule has 0 spiro atoms. The molecular weight excluding hydrogens is 224 g/mol. The summed E-state index contributed by atoms with van der Waals surface area (Å²) < 4.78 is 26.5. The lowest BCUT2D eigenvalue weighted by atomic mass is 10.2. The number of aryl methyl sites for hydroxylation is 1. The van der Waals surface area contributed by atoms with Crippen molar-refractivity contribution in [2.24, 2.45) is 5.73 Å². The number of hydrogen-bond acceptors (Lipinski definition) is 3. The fourth-order valence-corrected chi connectivity index (χ4v) is 2.80. The number of nitrogens with one attached hydrogen (secondary N) is 1. The maximum atomic E-state index is 11.9. The van der Waals surface area contributed by atoms with Gasteiger partial charge in [0.05, 0.1) is 4.90 Å². The van der Waals surface area contributed by atoms with Crippen LogP contribution in [0.3, 0.4) is 0 Å². The molecule has 1 atom stereocenters. The largest absolute Gasteiger partial charge is 0.329 e. The van der Waals surface area contributed by atoms with E-state index in [2.05, 4.69) is 4.72 Å². The third-order valence-corrected chi connectivity index (χ3v) is 3.92. The van der Waals surface area contributed by atoms with Crippen molar-refractivity contribution < 1.29 is 8.42 Å². The number of rotatable bonds is 5. The minimum absolute atomic E-state index is 0.203. The molecule has 1 unspecified atom stereocenters. The predicted octanol–water partition coefficient (Wildman–Crippen LogP) is 1.01. The Morgan fingerprint density at radius 2 is 2.12 bits per heavy atom. The Hall–Kier alpha value is -0.910. The lowest BCUT2D eigenvalue weighted by Gasteiger charge is -2.15. The van der Waals surface area contributed by atoms with Gasteiger partial charge in [0.2, 0.25) is 10.0 Å². The Morgan fingerprint density at radius 3 is 2.62 bits per heavy atom. The van der Waals surface area contributed by atoms with Crippen LogP contribution in [0.5, 0.6) is 0 Å². The average Bonchev–Trinajstić information content (AvgIpc) is 2.26. The molecule has 0 saturated heterocycles. The third kappa shape index (κ3) is 3.30. The zero-order valence-corrected chi connectivity index (χ0v) is 10.4. The van der Waals surface area contributed by atoms with Crippen molar-refractivity contribution in [2.75, 3.05) is 6.54 Å². The molecule has 0 amide bonds. The lowest BCUT2D eigenvalue weighted by Crippen LogP contribution is -2.39. The summed E-state index contributed by atoms with van der Waals surface area (Å²) in [5.41, 5.74) is 6.39. The van der Waals surface area contributed by atoms with Gasteiger partial charge < -0.3 is 5.73 Å². The van der Waals surface area contributed by atoms with Crippen LogP contribution in [0, 0.1) is 6.92 Å². The van der Waals surface area contributed by atoms with Gasteiger partial charge in [0, 0.05) is 12.6 Å². The van der Waals surface area contributed by atoms with Gasteiger partial charge in [-0.1, -0.05) is 19.1 Å². The summed E-state index contributed by atoms with van der Waals surface area (Å²) in [4.78, 5) is 0.291. The molecule has 16 heavy (non-hydrogen) atoms. The summed E-state index contributed by atoms with van der Waals surface area (Å²) in [6.07, 6.45) is 0.682. The highest BCUT2D eigenvalue weighted by molar-refractivity contribution is 7.89. The van der Waals surface area contributed by atoms with Gasteiger partial charge in [0.25, 0.3) is 0 Å². The molecule has 0 aliphatic rings. The minimum Gasteiger partial charge on any atom is -0.329 e. The van der Waals surface area contributed by atoms with Gasteiger partial charge >= 0.3 is 0 Å². The SMILES string of the molecule is CCC(CN)NS(=O)(=O)c1cccc(C)c1. The predicted molar refractivity (Wildman–Crippen MR) is 64.6 cm³/mol. The zero-order valence-electron chi connectivity index (χ0n) is 9.60. The molecule has 0 bridgehead atoms. The Morgan fingerprint density at radius 1 is 1.44 bits per heavy atom. The molecule has 0 radical (unpaired) electrons. The van der Waals surface area contributed by atoms with E-state index in [1.807, 2.05) is 19.9 Å². The highest BCUT2D eigenvalue weighted by atomic mass is 32.2. The van der Waals surface area contributed by atoms with E-state index in [1.54, 1.807) is 18.2 Å². The molecule has 4 nitrogen and oxygen atoms in total. The maximum Gasteiger partial charge on any atom is 0.240 e. The maximum absolute atomic E-state index is 11.9. The number of hydrogen-bond donors (Lipinski definition) is 2. The van der Waals surface area contributed by atoms with Crippen molar-refractivity contribution in [1.29, 1.82) is 0 Å². The van der Waals surface area contributed by atoms with Crippen LogP contribution in [-0.2, 0) is 10.0 Å². The van der Waals surface area contributed by atoms with Crippen LogP contribution in [0.2, 0.25) is 0 Å². The second-order valence-corrected chi connectivity index (χ2v) is 5.49. The molecular formula is C11H18N2O2S.